The molecule has 0 bridgehead atoms. The summed E-state index contributed by atoms with van der Waals surface area (Å²) in [4.78, 5) is 21.4. The van der Waals surface area contributed by atoms with Gasteiger partial charge in [-0.2, -0.15) is 0 Å². The lowest BCUT2D eigenvalue weighted by atomic mass is 10.4. The molecule has 0 rings (SSSR count). The van der Waals surface area contributed by atoms with Gasteiger partial charge in [0.2, 0.25) is 11.8 Å². The number of hydrogen-bond acceptors (Lipinski definition) is 3. The molecule has 2 amide bonds. The zero-order chi connectivity index (χ0) is 10.1. The second-order valence-corrected chi connectivity index (χ2v) is 2.69. The third-order valence-electron chi connectivity index (χ3n) is 1.42. The van der Waals surface area contributed by atoms with Crippen LogP contribution in [-0.2, 0) is 9.59 Å². The minimum absolute atomic E-state index is 0.000276. The van der Waals surface area contributed by atoms with Gasteiger partial charge in [-0.05, 0) is 7.05 Å². The lowest BCUT2D eigenvalue weighted by Gasteiger charge is -2.04. The van der Waals surface area contributed by atoms with Gasteiger partial charge >= 0.3 is 0 Å². The highest BCUT2D eigenvalue weighted by atomic mass is 16.2. The van der Waals surface area contributed by atoms with E-state index < -0.39 is 0 Å². The summed E-state index contributed by atoms with van der Waals surface area (Å²) in [6.45, 7) is 3.09. The van der Waals surface area contributed by atoms with Crippen molar-refractivity contribution in [1.82, 2.24) is 16.0 Å². The maximum absolute atomic E-state index is 11.0. The van der Waals surface area contributed by atoms with Crippen LogP contribution in [0.3, 0.4) is 0 Å². The largest absolute Gasteiger partial charge is 0.355 e. The molecule has 0 aromatic rings. The molecule has 0 aromatic heterocycles. The molecule has 0 radical (unpaired) electrons. The summed E-state index contributed by atoms with van der Waals surface area (Å²) >= 11 is 0. The Hall–Kier alpha value is -1.10. The van der Waals surface area contributed by atoms with Gasteiger partial charge in [0.15, 0.2) is 0 Å². The summed E-state index contributed by atoms with van der Waals surface area (Å²) in [5.41, 5.74) is 0. The van der Waals surface area contributed by atoms with E-state index in [1.54, 1.807) is 7.05 Å². The lowest BCUT2D eigenvalue weighted by Crippen LogP contribution is -2.34. The van der Waals surface area contributed by atoms with Crippen molar-refractivity contribution >= 4 is 11.8 Å². The predicted octanol–water partition coefficient (Wildman–Crippen LogP) is -1.15. The molecular formula is C8H17N3O2. The summed E-state index contributed by atoms with van der Waals surface area (Å²) in [7, 11) is 1.80. The van der Waals surface area contributed by atoms with Crippen molar-refractivity contribution < 1.29 is 9.59 Å². The van der Waals surface area contributed by atoms with E-state index >= 15 is 0 Å². The van der Waals surface area contributed by atoms with Crippen LogP contribution in [0.1, 0.15) is 13.3 Å². The van der Waals surface area contributed by atoms with E-state index in [9.17, 15) is 9.59 Å². The number of amides is 2. The Balaban J connectivity index is 3.22. The van der Waals surface area contributed by atoms with Gasteiger partial charge in [-0.1, -0.05) is 0 Å². The average Bonchev–Trinajstić information content (AvgIpc) is 2.08. The Bertz CT molecular complexity index is 171. The first-order valence-electron chi connectivity index (χ1n) is 4.32. The fourth-order valence-corrected chi connectivity index (χ4v) is 0.767. The average molecular weight is 187 g/mol. The van der Waals surface area contributed by atoms with E-state index in [1.165, 1.54) is 6.92 Å². The van der Waals surface area contributed by atoms with E-state index in [-0.39, 0.29) is 11.8 Å². The van der Waals surface area contributed by atoms with Gasteiger partial charge < -0.3 is 16.0 Å². The summed E-state index contributed by atoms with van der Waals surface area (Å²) in [6.07, 6.45) is 0.469. The van der Waals surface area contributed by atoms with E-state index in [1.807, 2.05) is 0 Å². The Labute approximate surface area is 78.3 Å². The quantitative estimate of drug-likeness (QED) is 0.460. The van der Waals surface area contributed by atoms with E-state index in [0.717, 1.165) is 0 Å². The fourth-order valence-electron chi connectivity index (χ4n) is 0.767. The zero-order valence-corrected chi connectivity index (χ0v) is 8.14. The van der Waals surface area contributed by atoms with Gasteiger partial charge in [-0.15, -0.1) is 0 Å². The smallest absolute Gasteiger partial charge is 0.221 e. The van der Waals surface area contributed by atoms with Crippen LogP contribution in [0.4, 0.5) is 0 Å². The Morgan fingerprint density at radius 1 is 1.08 bits per heavy atom. The van der Waals surface area contributed by atoms with Gasteiger partial charge in [-0.25, -0.2) is 0 Å². The van der Waals surface area contributed by atoms with E-state index in [4.69, 9.17) is 0 Å². The lowest BCUT2D eigenvalue weighted by molar-refractivity contribution is -0.122. The normalized spacial score (nSPS) is 9.38. The van der Waals surface area contributed by atoms with Crippen LogP contribution >= 0.6 is 0 Å². The van der Waals surface area contributed by atoms with Crippen LogP contribution in [0, 0.1) is 0 Å². The molecule has 5 nitrogen and oxygen atoms in total. The predicted molar refractivity (Wildman–Crippen MR) is 50.2 cm³/mol. The molecule has 3 N–H and O–H groups in total. The highest BCUT2D eigenvalue weighted by molar-refractivity contribution is 5.76. The standard InChI is InChI=1S/C8H17N3O2/c1-7(12)10-5-6-11-8(13)3-4-9-2/h9H,3-6H2,1-2H3,(H,10,12)(H,11,13). The van der Waals surface area contributed by atoms with Gasteiger partial charge in [0, 0.05) is 33.0 Å². The van der Waals surface area contributed by atoms with E-state index in [0.29, 0.717) is 26.1 Å². The molecule has 0 aliphatic rings. The molecular weight excluding hydrogens is 170 g/mol. The van der Waals surface area contributed by atoms with Crippen molar-refractivity contribution in [2.45, 2.75) is 13.3 Å². The summed E-state index contributed by atoms with van der Waals surface area (Å²) in [5.74, 6) is -0.0795. The SMILES string of the molecule is CNCCC(=O)NCCNC(C)=O. The van der Waals surface area contributed by atoms with Crippen molar-refractivity contribution in [1.29, 1.82) is 0 Å². The molecule has 0 saturated heterocycles. The van der Waals surface area contributed by atoms with E-state index in [2.05, 4.69) is 16.0 Å². The maximum atomic E-state index is 11.0. The molecule has 0 saturated carbocycles. The van der Waals surface area contributed by atoms with Gasteiger partial charge in [0.05, 0.1) is 0 Å². The first kappa shape index (κ1) is 11.9. The van der Waals surface area contributed by atoms with Crippen LogP contribution in [0.15, 0.2) is 0 Å². The minimum Gasteiger partial charge on any atom is -0.355 e. The second kappa shape index (κ2) is 7.54. The summed E-state index contributed by atoms with van der Waals surface area (Å²) < 4.78 is 0. The molecule has 5 heteroatoms. The highest BCUT2D eigenvalue weighted by Crippen LogP contribution is 1.74. The maximum Gasteiger partial charge on any atom is 0.221 e. The molecule has 0 spiro atoms. The highest BCUT2D eigenvalue weighted by Gasteiger charge is 1.98. The third-order valence-corrected chi connectivity index (χ3v) is 1.42. The molecule has 0 unspecified atom stereocenters. The Morgan fingerprint density at radius 2 is 1.69 bits per heavy atom. The van der Waals surface area contributed by atoms with Gasteiger partial charge in [-0.3, -0.25) is 9.59 Å². The molecule has 0 aliphatic heterocycles. The number of carbonyl (C=O) groups is 2. The fraction of sp³-hybridized carbons (Fsp3) is 0.750. The number of hydrogen-bond donors (Lipinski definition) is 3. The molecule has 76 valence electrons. The monoisotopic (exact) mass is 187 g/mol. The summed E-state index contributed by atoms with van der Waals surface area (Å²) in [5, 5.41) is 8.14. The van der Waals surface area contributed by atoms with Crippen molar-refractivity contribution in [3.8, 4) is 0 Å². The second-order valence-electron chi connectivity index (χ2n) is 2.69. The third kappa shape index (κ3) is 8.81. The topological polar surface area (TPSA) is 70.2 Å². The van der Waals surface area contributed by atoms with Crippen molar-refractivity contribution in [3.63, 3.8) is 0 Å². The number of carbonyl (C=O) groups excluding carboxylic acids is 2. The first-order chi connectivity index (χ1) is 6.16. The van der Waals surface area contributed by atoms with Crippen molar-refractivity contribution in [3.05, 3.63) is 0 Å². The van der Waals surface area contributed by atoms with Gasteiger partial charge in [0.1, 0.15) is 0 Å². The Kier molecular flexibility index (Phi) is 6.91. The van der Waals surface area contributed by atoms with Crippen LogP contribution in [0.5, 0.6) is 0 Å². The summed E-state index contributed by atoms with van der Waals surface area (Å²) in [6, 6.07) is 0. The first-order valence-corrected chi connectivity index (χ1v) is 4.32. The van der Waals surface area contributed by atoms with Crippen LogP contribution < -0.4 is 16.0 Å². The van der Waals surface area contributed by atoms with Crippen LogP contribution in [0.25, 0.3) is 0 Å². The number of rotatable bonds is 6. The van der Waals surface area contributed by atoms with Crippen molar-refractivity contribution in [2.24, 2.45) is 0 Å². The molecule has 0 aromatic carbocycles. The zero-order valence-electron chi connectivity index (χ0n) is 8.14. The molecule has 0 heterocycles. The minimum atomic E-state index is -0.0792. The van der Waals surface area contributed by atoms with Crippen molar-refractivity contribution in [2.75, 3.05) is 26.7 Å². The van der Waals surface area contributed by atoms with Gasteiger partial charge in [0.25, 0.3) is 0 Å². The molecule has 0 aliphatic carbocycles. The number of nitrogens with one attached hydrogen (secondary N) is 3. The van der Waals surface area contributed by atoms with Crippen LogP contribution in [0.2, 0.25) is 0 Å². The Morgan fingerprint density at radius 3 is 2.23 bits per heavy atom. The molecule has 0 fully saturated rings. The molecule has 13 heavy (non-hydrogen) atoms. The van der Waals surface area contributed by atoms with Crippen LogP contribution in [-0.4, -0.2) is 38.5 Å². The molecule has 0 atom stereocenters.